The molecule has 0 unspecified atom stereocenters. The van der Waals surface area contributed by atoms with Crippen molar-refractivity contribution in [3.05, 3.63) is 47.1 Å². The molecule has 1 aliphatic rings. The molecule has 1 aromatic heterocycles. The van der Waals surface area contributed by atoms with Crippen molar-refractivity contribution in [1.29, 1.82) is 0 Å². The number of aryl methyl sites for hydroxylation is 1. The van der Waals surface area contributed by atoms with Crippen molar-refractivity contribution < 1.29 is 19.2 Å². The number of hydrogen-bond donors (Lipinski definition) is 2. The summed E-state index contributed by atoms with van der Waals surface area (Å²) in [6, 6.07) is 6.40. The molecule has 7 heteroatoms. The highest BCUT2D eigenvalue weighted by molar-refractivity contribution is 5.88. The van der Waals surface area contributed by atoms with Crippen LogP contribution in [0.4, 0.5) is 0 Å². The van der Waals surface area contributed by atoms with Crippen LogP contribution in [0.5, 0.6) is 0 Å². The van der Waals surface area contributed by atoms with Crippen LogP contribution < -0.4 is 5.32 Å². The molecule has 1 heterocycles. The van der Waals surface area contributed by atoms with Crippen LogP contribution in [-0.4, -0.2) is 27.1 Å². The van der Waals surface area contributed by atoms with E-state index in [9.17, 15) is 9.59 Å². The van der Waals surface area contributed by atoms with E-state index in [1.807, 2.05) is 0 Å². The van der Waals surface area contributed by atoms with E-state index in [0.717, 1.165) is 25.7 Å². The zero-order valence-electron chi connectivity index (χ0n) is 13.4. The lowest BCUT2D eigenvalue weighted by atomic mass is 9.95. The normalized spacial score (nSPS) is 16.0. The Hall–Kier alpha value is -2.70. The minimum atomic E-state index is -1.01. The number of carboxylic acid groups (broad SMARTS) is 1. The van der Waals surface area contributed by atoms with Gasteiger partial charge in [-0.25, -0.2) is 4.79 Å². The molecule has 1 aromatic carbocycles. The summed E-state index contributed by atoms with van der Waals surface area (Å²) in [5.41, 5.74) is 0.244. The first-order valence-electron chi connectivity index (χ1n) is 7.92. The van der Waals surface area contributed by atoms with Crippen LogP contribution in [0.1, 0.15) is 53.3 Å². The molecule has 2 aromatic rings. The second-order valence-corrected chi connectivity index (χ2v) is 6.16. The Balaban J connectivity index is 1.75. The van der Waals surface area contributed by atoms with E-state index in [2.05, 4.69) is 15.5 Å². The number of carbonyl (C=O) groups excluding carboxylic acids is 1. The minimum Gasteiger partial charge on any atom is -0.478 e. The lowest BCUT2D eigenvalue weighted by molar-refractivity contribution is -0.122. The number of benzene rings is 1. The highest BCUT2D eigenvalue weighted by atomic mass is 16.5. The fourth-order valence-corrected chi connectivity index (χ4v) is 3.19. The van der Waals surface area contributed by atoms with Crippen LogP contribution in [0, 0.1) is 6.92 Å². The van der Waals surface area contributed by atoms with Gasteiger partial charge in [0.15, 0.2) is 5.82 Å². The van der Waals surface area contributed by atoms with Gasteiger partial charge in [-0.15, -0.1) is 0 Å². The molecular weight excluding hydrogens is 310 g/mol. The second-order valence-electron chi connectivity index (χ2n) is 6.16. The van der Waals surface area contributed by atoms with E-state index >= 15 is 0 Å². The summed E-state index contributed by atoms with van der Waals surface area (Å²) in [4.78, 5) is 27.8. The first-order chi connectivity index (χ1) is 11.5. The van der Waals surface area contributed by atoms with Crippen molar-refractivity contribution in [2.24, 2.45) is 0 Å². The van der Waals surface area contributed by atoms with Crippen molar-refractivity contribution in [2.45, 2.75) is 44.6 Å². The van der Waals surface area contributed by atoms with Gasteiger partial charge in [0.25, 0.3) is 0 Å². The maximum absolute atomic E-state index is 12.5. The summed E-state index contributed by atoms with van der Waals surface area (Å²) in [5, 5.41) is 16.1. The van der Waals surface area contributed by atoms with Crippen LogP contribution in [0.15, 0.2) is 28.8 Å². The number of aromatic nitrogens is 2. The van der Waals surface area contributed by atoms with E-state index in [1.54, 1.807) is 19.1 Å². The summed E-state index contributed by atoms with van der Waals surface area (Å²) in [6.07, 6.45) is 3.63. The van der Waals surface area contributed by atoms with Crippen LogP contribution in [0.2, 0.25) is 0 Å². The molecule has 0 spiro atoms. The molecule has 1 saturated carbocycles. The summed E-state index contributed by atoms with van der Waals surface area (Å²) in [5.74, 6) is -0.196. The van der Waals surface area contributed by atoms with Crippen LogP contribution in [-0.2, 0) is 16.8 Å². The molecule has 0 saturated heterocycles. The maximum Gasteiger partial charge on any atom is 0.335 e. The Bertz CT molecular complexity index is 763. The first kappa shape index (κ1) is 16.2. The maximum atomic E-state index is 12.5. The Labute approximate surface area is 139 Å². The molecule has 3 rings (SSSR count). The van der Waals surface area contributed by atoms with Crippen molar-refractivity contribution in [1.82, 2.24) is 15.5 Å². The quantitative estimate of drug-likeness (QED) is 0.871. The highest BCUT2D eigenvalue weighted by Crippen LogP contribution is 2.37. The third kappa shape index (κ3) is 3.29. The molecule has 0 atom stereocenters. The predicted octanol–water partition coefficient (Wildman–Crippen LogP) is 2.20. The summed E-state index contributed by atoms with van der Waals surface area (Å²) in [6.45, 7) is 1.72. The smallest absolute Gasteiger partial charge is 0.335 e. The standard InChI is InChI=1S/C17H19N3O4/c1-11-18-16(20-24-11)17(7-2-3-8-17)19-14(21)10-12-5-4-6-13(9-12)15(22)23/h4-6,9H,2-3,7-8,10H2,1H3,(H,19,21)(H,22,23). The number of nitrogens with zero attached hydrogens (tertiary/aromatic N) is 2. The Kier molecular flexibility index (Phi) is 4.33. The predicted molar refractivity (Wildman–Crippen MR) is 84.4 cm³/mol. The van der Waals surface area contributed by atoms with Gasteiger partial charge in [-0.2, -0.15) is 4.98 Å². The van der Waals surface area contributed by atoms with Gasteiger partial charge in [-0.05, 0) is 30.5 Å². The monoisotopic (exact) mass is 329 g/mol. The van der Waals surface area contributed by atoms with Gasteiger partial charge in [0.1, 0.15) is 5.54 Å². The molecule has 0 radical (unpaired) electrons. The Morgan fingerprint density at radius 2 is 2.08 bits per heavy atom. The van der Waals surface area contributed by atoms with Crippen molar-refractivity contribution in [3.8, 4) is 0 Å². The summed E-state index contributed by atoms with van der Waals surface area (Å²) in [7, 11) is 0. The topological polar surface area (TPSA) is 105 Å². The van der Waals surface area contributed by atoms with Gasteiger partial charge in [-0.1, -0.05) is 30.1 Å². The van der Waals surface area contributed by atoms with Crippen LogP contribution in [0.25, 0.3) is 0 Å². The number of carbonyl (C=O) groups is 2. The van der Waals surface area contributed by atoms with Gasteiger partial charge in [0.05, 0.1) is 12.0 Å². The largest absolute Gasteiger partial charge is 0.478 e. The molecule has 7 nitrogen and oxygen atoms in total. The Morgan fingerprint density at radius 1 is 1.33 bits per heavy atom. The first-order valence-corrected chi connectivity index (χ1v) is 7.92. The average molecular weight is 329 g/mol. The zero-order valence-corrected chi connectivity index (χ0v) is 13.4. The third-order valence-corrected chi connectivity index (χ3v) is 4.33. The van der Waals surface area contributed by atoms with E-state index in [1.165, 1.54) is 12.1 Å². The number of hydrogen-bond acceptors (Lipinski definition) is 5. The van der Waals surface area contributed by atoms with Crippen molar-refractivity contribution in [2.75, 3.05) is 0 Å². The molecule has 24 heavy (non-hydrogen) atoms. The van der Waals surface area contributed by atoms with E-state index in [4.69, 9.17) is 9.63 Å². The van der Waals surface area contributed by atoms with Gasteiger partial charge in [-0.3, -0.25) is 4.79 Å². The SMILES string of the molecule is Cc1nc(C2(NC(=O)Cc3cccc(C(=O)O)c3)CCCC2)no1. The molecule has 1 fully saturated rings. The fraction of sp³-hybridized carbons (Fsp3) is 0.412. The average Bonchev–Trinajstić information content (AvgIpc) is 3.17. The summed E-state index contributed by atoms with van der Waals surface area (Å²) >= 11 is 0. The zero-order chi connectivity index (χ0) is 17.2. The van der Waals surface area contributed by atoms with E-state index in [-0.39, 0.29) is 17.9 Å². The molecule has 2 N–H and O–H groups in total. The minimum absolute atomic E-state index is 0.111. The number of nitrogens with one attached hydrogen (secondary N) is 1. The number of rotatable bonds is 5. The molecule has 1 aliphatic carbocycles. The molecule has 0 bridgehead atoms. The van der Waals surface area contributed by atoms with Crippen molar-refractivity contribution in [3.63, 3.8) is 0 Å². The highest BCUT2D eigenvalue weighted by Gasteiger charge is 2.41. The van der Waals surface area contributed by atoms with Crippen molar-refractivity contribution >= 4 is 11.9 Å². The number of aromatic carboxylic acids is 1. The molecule has 1 amide bonds. The lowest BCUT2D eigenvalue weighted by Crippen LogP contribution is -2.45. The third-order valence-electron chi connectivity index (χ3n) is 4.33. The van der Waals surface area contributed by atoms with E-state index < -0.39 is 11.5 Å². The van der Waals surface area contributed by atoms with Crippen LogP contribution in [0.3, 0.4) is 0 Å². The van der Waals surface area contributed by atoms with Gasteiger partial charge >= 0.3 is 5.97 Å². The lowest BCUT2D eigenvalue weighted by Gasteiger charge is -2.26. The molecule has 0 aliphatic heterocycles. The van der Waals surface area contributed by atoms with Gasteiger partial charge < -0.3 is 14.9 Å². The fourth-order valence-electron chi connectivity index (χ4n) is 3.19. The van der Waals surface area contributed by atoms with Crippen LogP contribution >= 0.6 is 0 Å². The number of amides is 1. The molecule has 126 valence electrons. The van der Waals surface area contributed by atoms with Gasteiger partial charge in [0, 0.05) is 6.92 Å². The molecular formula is C17H19N3O4. The second kappa shape index (κ2) is 6.43. The summed E-state index contributed by atoms with van der Waals surface area (Å²) < 4.78 is 5.07. The van der Waals surface area contributed by atoms with Gasteiger partial charge in [0.2, 0.25) is 11.8 Å². The van der Waals surface area contributed by atoms with E-state index in [0.29, 0.717) is 17.3 Å². The Morgan fingerprint density at radius 3 is 2.71 bits per heavy atom. The number of carboxylic acids is 1.